The number of hydrogen-bond donors (Lipinski definition) is 0. The fourth-order valence-corrected chi connectivity index (χ4v) is 9.85. The lowest BCUT2D eigenvalue weighted by molar-refractivity contribution is 1.25. The molecule has 334 valence electrons. The average Bonchev–Trinajstić information content (AvgIpc) is 3.43. The Bertz CT molecular complexity index is 3420. The molecule has 2 heteroatoms. The quantitative estimate of drug-likeness (QED) is 0.121. The van der Waals surface area contributed by atoms with Gasteiger partial charge < -0.3 is 9.80 Å². The Balaban J connectivity index is 1.13. The van der Waals surface area contributed by atoms with Crippen LogP contribution in [0.1, 0.15) is 11.1 Å². The summed E-state index contributed by atoms with van der Waals surface area (Å²) in [6, 6.07) is 101. The van der Waals surface area contributed by atoms with Crippen molar-refractivity contribution in [2.24, 2.45) is 0 Å². The third kappa shape index (κ3) is 9.07. The lowest BCUT2D eigenvalue weighted by Crippen LogP contribution is -2.14. The van der Waals surface area contributed by atoms with E-state index in [1.165, 1.54) is 55.6 Å². The van der Waals surface area contributed by atoms with Gasteiger partial charge in [-0.2, -0.15) is 0 Å². The zero-order valence-electron chi connectivity index (χ0n) is 39.5. The maximum atomic E-state index is 2.42. The smallest absolute Gasteiger partial charge is 0.0488 e. The number of aryl methyl sites for hydroxylation is 2. The molecule has 0 aliphatic heterocycles. The van der Waals surface area contributed by atoms with Gasteiger partial charge in [0.25, 0.3) is 0 Å². The van der Waals surface area contributed by atoms with E-state index in [1.807, 2.05) is 0 Å². The summed E-state index contributed by atoms with van der Waals surface area (Å²) < 4.78 is 0. The van der Waals surface area contributed by atoms with Gasteiger partial charge in [0.05, 0.1) is 0 Å². The first-order chi connectivity index (χ1) is 34.5. The Hall–Kier alpha value is -8.98. The molecule has 0 saturated carbocycles. The van der Waals surface area contributed by atoms with Crippen molar-refractivity contribution in [2.75, 3.05) is 9.80 Å². The van der Waals surface area contributed by atoms with E-state index in [-0.39, 0.29) is 0 Å². The molecule has 0 amide bonds. The highest BCUT2D eigenvalue weighted by Crippen LogP contribution is 2.46. The van der Waals surface area contributed by atoms with Gasteiger partial charge in [-0.15, -0.1) is 0 Å². The van der Waals surface area contributed by atoms with E-state index in [0.717, 1.165) is 56.4 Å². The lowest BCUT2D eigenvalue weighted by Gasteiger charge is -2.31. The predicted octanol–water partition coefficient (Wildman–Crippen LogP) is 19.2. The molecule has 0 radical (unpaired) electrons. The molecular formula is C68H52N2. The average molecular weight is 897 g/mol. The molecule has 0 spiro atoms. The molecule has 70 heavy (non-hydrogen) atoms. The molecular weight excluding hydrogens is 845 g/mol. The minimum Gasteiger partial charge on any atom is -0.310 e. The van der Waals surface area contributed by atoms with E-state index >= 15 is 0 Å². The fraction of sp³-hybridized carbons (Fsp3) is 0.0294. The Kier molecular flexibility index (Phi) is 12.3. The minimum absolute atomic E-state index is 1.04. The normalized spacial score (nSPS) is 11.0. The van der Waals surface area contributed by atoms with Gasteiger partial charge >= 0.3 is 0 Å². The van der Waals surface area contributed by atoms with Crippen LogP contribution in [-0.4, -0.2) is 0 Å². The van der Waals surface area contributed by atoms with Crippen molar-refractivity contribution in [1.82, 2.24) is 0 Å². The number of rotatable bonds is 12. The first-order valence-electron chi connectivity index (χ1n) is 24.1. The molecule has 0 heterocycles. The van der Waals surface area contributed by atoms with Gasteiger partial charge in [0.1, 0.15) is 0 Å². The molecule has 0 N–H and O–H groups in total. The molecule has 11 aromatic carbocycles. The molecule has 2 nitrogen and oxygen atoms in total. The largest absolute Gasteiger partial charge is 0.310 e. The zero-order valence-corrected chi connectivity index (χ0v) is 39.5. The van der Waals surface area contributed by atoms with Crippen molar-refractivity contribution < 1.29 is 0 Å². The Morgan fingerprint density at radius 3 is 0.971 bits per heavy atom. The van der Waals surface area contributed by atoms with Crippen molar-refractivity contribution in [3.8, 4) is 66.8 Å². The van der Waals surface area contributed by atoms with Crippen LogP contribution in [0.15, 0.2) is 279 Å². The molecule has 0 fully saturated rings. The van der Waals surface area contributed by atoms with Gasteiger partial charge in [-0.3, -0.25) is 0 Å². The number of anilines is 6. The van der Waals surface area contributed by atoms with Crippen molar-refractivity contribution in [2.45, 2.75) is 13.8 Å². The van der Waals surface area contributed by atoms with Crippen LogP contribution in [0.3, 0.4) is 0 Å². The SMILES string of the molecule is Cc1ccccc1-c1c(C)cc(-c2ccccc2)cc1-c1ccc(-c2cc(N(c3ccccc3)c3ccccc3)cc(N(c3ccccc3)c3cc(-c4ccccc4)cc(-c4ccccc4)c3)c2)cc1. The van der Waals surface area contributed by atoms with Gasteiger partial charge in [-0.25, -0.2) is 0 Å². The third-order valence-electron chi connectivity index (χ3n) is 13.2. The molecule has 0 unspecified atom stereocenters. The highest BCUT2D eigenvalue weighted by Gasteiger charge is 2.22. The van der Waals surface area contributed by atoms with E-state index in [0.29, 0.717) is 0 Å². The molecule has 0 aliphatic carbocycles. The number of nitrogens with zero attached hydrogens (tertiary/aromatic N) is 2. The summed E-state index contributed by atoms with van der Waals surface area (Å²) in [7, 11) is 0. The van der Waals surface area contributed by atoms with Crippen LogP contribution in [0.5, 0.6) is 0 Å². The second-order valence-corrected chi connectivity index (χ2v) is 17.9. The summed E-state index contributed by atoms with van der Waals surface area (Å²) in [6.45, 7) is 4.46. The number of para-hydroxylation sites is 3. The molecule has 0 saturated heterocycles. The predicted molar refractivity (Wildman–Crippen MR) is 298 cm³/mol. The maximum absolute atomic E-state index is 2.42. The maximum Gasteiger partial charge on any atom is 0.0488 e. The summed E-state index contributed by atoms with van der Waals surface area (Å²) in [5, 5.41) is 0. The Morgan fingerprint density at radius 1 is 0.200 bits per heavy atom. The number of benzene rings is 11. The molecule has 0 aliphatic rings. The van der Waals surface area contributed by atoms with Crippen LogP contribution in [0.2, 0.25) is 0 Å². The van der Waals surface area contributed by atoms with Gasteiger partial charge in [0.15, 0.2) is 0 Å². The fourth-order valence-electron chi connectivity index (χ4n) is 9.85. The molecule has 0 aromatic heterocycles. The first-order valence-corrected chi connectivity index (χ1v) is 24.1. The molecule has 0 bridgehead atoms. The van der Waals surface area contributed by atoms with E-state index in [2.05, 4.69) is 303 Å². The van der Waals surface area contributed by atoms with E-state index in [1.54, 1.807) is 0 Å². The topological polar surface area (TPSA) is 6.48 Å². The second kappa shape index (κ2) is 19.7. The summed E-state index contributed by atoms with van der Waals surface area (Å²) in [5.74, 6) is 0. The highest BCUT2D eigenvalue weighted by atomic mass is 15.2. The molecule has 0 atom stereocenters. The standard InChI is InChI=1S/C68H52N2/c1-49-23-21-22-36-66(49)68-50(2)41-56(51-24-9-3-10-25-51)47-67(68)55-39-37-54(38-40-55)59-45-64(69(60-30-15-6-16-31-60)61-32-17-7-18-33-61)48-65(46-59)70(62-34-19-8-20-35-62)63-43-57(52-26-11-4-12-27-52)42-58(44-63)53-28-13-5-14-29-53/h3-48H,1-2H3. The molecule has 11 aromatic rings. The van der Waals surface area contributed by atoms with Gasteiger partial charge in [0, 0.05) is 34.1 Å². The minimum atomic E-state index is 1.04. The van der Waals surface area contributed by atoms with E-state index < -0.39 is 0 Å². The van der Waals surface area contributed by atoms with Crippen LogP contribution in [-0.2, 0) is 0 Å². The summed E-state index contributed by atoms with van der Waals surface area (Å²) in [5.41, 5.74) is 23.1. The monoisotopic (exact) mass is 896 g/mol. The highest BCUT2D eigenvalue weighted by molar-refractivity contribution is 5.93. The van der Waals surface area contributed by atoms with Crippen molar-refractivity contribution in [3.05, 3.63) is 290 Å². The van der Waals surface area contributed by atoms with Crippen molar-refractivity contribution >= 4 is 34.1 Å². The van der Waals surface area contributed by atoms with E-state index in [9.17, 15) is 0 Å². The summed E-state index contributed by atoms with van der Waals surface area (Å²) >= 11 is 0. The van der Waals surface area contributed by atoms with E-state index in [4.69, 9.17) is 0 Å². The van der Waals surface area contributed by atoms with Gasteiger partial charge in [-0.1, -0.05) is 200 Å². The Morgan fingerprint density at radius 2 is 0.529 bits per heavy atom. The van der Waals surface area contributed by atoms with Crippen LogP contribution in [0.4, 0.5) is 34.1 Å². The van der Waals surface area contributed by atoms with Gasteiger partial charge in [-0.05, 0) is 171 Å². The zero-order chi connectivity index (χ0) is 47.2. The summed E-state index contributed by atoms with van der Waals surface area (Å²) in [6.07, 6.45) is 0. The lowest BCUT2D eigenvalue weighted by atomic mass is 9.86. The Labute approximate surface area is 412 Å². The van der Waals surface area contributed by atoms with Crippen molar-refractivity contribution in [3.63, 3.8) is 0 Å². The summed E-state index contributed by atoms with van der Waals surface area (Å²) in [4.78, 5) is 4.79. The van der Waals surface area contributed by atoms with Crippen molar-refractivity contribution in [1.29, 1.82) is 0 Å². The second-order valence-electron chi connectivity index (χ2n) is 17.9. The van der Waals surface area contributed by atoms with Crippen LogP contribution >= 0.6 is 0 Å². The molecule has 11 rings (SSSR count). The van der Waals surface area contributed by atoms with Crippen LogP contribution in [0, 0.1) is 13.8 Å². The van der Waals surface area contributed by atoms with Crippen LogP contribution in [0.25, 0.3) is 66.8 Å². The number of hydrogen-bond acceptors (Lipinski definition) is 2. The van der Waals surface area contributed by atoms with Gasteiger partial charge in [0.2, 0.25) is 0 Å². The first kappa shape index (κ1) is 43.6. The third-order valence-corrected chi connectivity index (χ3v) is 13.2. The van der Waals surface area contributed by atoms with Crippen LogP contribution < -0.4 is 9.80 Å².